The quantitative estimate of drug-likeness (QED) is 0.672. The molecule has 108 valence electrons. The lowest BCUT2D eigenvalue weighted by atomic mass is 9.89. The third kappa shape index (κ3) is 7.34. The fraction of sp³-hybridized carbons (Fsp3) is 0.722. The molecule has 1 aromatic rings. The Kier molecular flexibility index (Phi) is 5.58. The van der Waals surface area contributed by atoms with E-state index in [4.69, 9.17) is 0 Å². The molecule has 1 rings (SSSR count). The van der Waals surface area contributed by atoms with Crippen LogP contribution < -0.4 is 4.57 Å². The van der Waals surface area contributed by atoms with E-state index in [1.54, 1.807) is 0 Å². The second-order valence-corrected chi connectivity index (χ2v) is 8.11. The minimum absolute atomic E-state index is 0.416. The summed E-state index contributed by atoms with van der Waals surface area (Å²) in [6.07, 6.45) is 7.21. The highest BCUT2D eigenvalue weighted by atomic mass is 14.9. The van der Waals surface area contributed by atoms with Crippen molar-refractivity contribution in [2.24, 2.45) is 10.8 Å². The van der Waals surface area contributed by atoms with Crippen LogP contribution >= 0.6 is 0 Å². The molecule has 0 spiro atoms. The molecule has 0 atom stereocenters. The van der Waals surface area contributed by atoms with Gasteiger partial charge in [0.05, 0.1) is 0 Å². The van der Waals surface area contributed by atoms with Crippen LogP contribution in [0.1, 0.15) is 66.5 Å². The molecule has 0 aliphatic carbocycles. The van der Waals surface area contributed by atoms with Gasteiger partial charge in [0.25, 0.3) is 0 Å². The van der Waals surface area contributed by atoms with Gasteiger partial charge in [0.1, 0.15) is 6.54 Å². The van der Waals surface area contributed by atoms with Crippen LogP contribution in [0.4, 0.5) is 0 Å². The van der Waals surface area contributed by atoms with Crippen molar-refractivity contribution in [3.8, 4) is 0 Å². The molecule has 0 aromatic carbocycles. The average molecular weight is 262 g/mol. The normalized spacial score (nSPS) is 12.7. The number of aromatic nitrogens is 1. The molecule has 0 aliphatic heterocycles. The molecule has 19 heavy (non-hydrogen) atoms. The smallest absolute Gasteiger partial charge is 0.181 e. The zero-order valence-electron chi connectivity index (χ0n) is 13.8. The van der Waals surface area contributed by atoms with E-state index in [0.717, 1.165) is 6.54 Å². The number of nitrogens with zero attached hydrogens (tertiary/aromatic N) is 1. The Labute approximate surface area is 120 Å². The molecule has 0 N–H and O–H groups in total. The van der Waals surface area contributed by atoms with Gasteiger partial charge in [0.2, 0.25) is 0 Å². The Bertz CT molecular complexity index is 379. The minimum atomic E-state index is 0.416. The van der Waals surface area contributed by atoms with Crippen molar-refractivity contribution in [3.63, 3.8) is 0 Å². The number of pyridine rings is 1. The second-order valence-electron chi connectivity index (χ2n) is 8.11. The Morgan fingerprint density at radius 2 is 1.53 bits per heavy atom. The second kappa shape index (κ2) is 6.54. The van der Waals surface area contributed by atoms with Crippen LogP contribution in [0.15, 0.2) is 24.4 Å². The molecule has 0 radical (unpaired) electrons. The van der Waals surface area contributed by atoms with Gasteiger partial charge >= 0.3 is 0 Å². The number of hydrogen-bond donors (Lipinski definition) is 0. The predicted molar refractivity (Wildman–Crippen MR) is 83.1 cm³/mol. The molecule has 0 unspecified atom stereocenters. The summed E-state index contributed by atoms with van der Waals surface area (Å²) in [5.41, 5.74) is 2.34. The van der Waals surface area contributed by atoms with Crippen LogP contribution in [0, 0.1) is 10.8 Å². The SMILES string of the molecule is CC(C)(C)CCC[n+]1ccccc1CCC(C)(C)C. The van der Waals surface area contributed by atoms with Crippen LogP contribution in [-0.2, 0) is 13.0 Å². The Morgan fingerprint density at radius 1 is 0.895 bits per heavy atom. The summed E-state index contributed by atoms with van der Waals surface area (Å²) in [6, 6.07) is 6.60. The first-order valence-electron chi connectivity index (χ1n) is 7.65. The fourth-order valence-corrected chi connectivity index (χ4v) is 2.24. The first kappa shape index (κ1) is 16.2. The lowest BCUT2D eigenvalue weighted by Crippen LogP contribution is -2.38. The predicted octanol–water partition coefficient (Wildman–Crippen LogP) is 4.78. The Balaban J connectivity index is 2.58. The van der Waals surface area contributed by atoms with Gasteiger partial charge in [-0.05, 0) is 23.7 Å². The van der Waals surface area contributed by atoms with Crippen LogP contribution in [0.5, 0.6) is 0 Å². The molecular weight excluding hydrogens is 230 g/mol. The Hall–Kier alpha value is -0.850. The van der Waals surface area contributed by atoms with Crippen molar-refractivity contribution >= 4 is 0 Å². The average Bonchev–Trinajstić information content (AvgIpc) is 2.25. The zero-order valence-corrected chi connectivity index (χ0v) is 13.8. The summed E-state index contributed by atoms with van der Waals surface area (Å²) in [5.74, 6) is 0. The first-order valence-corrected chi connectivity index (χ1v) is 7.65. The van der Waals surface area contributed by atoms with Crippen LogP contribution in [-0.4, -0.2) is 0 Å². The zero-order chi connectivity index (χ0) is 14.5. The third-order valence-electron chi connectivity index (χ3n) is 3.49. The van der Waals surface area contributed by atoms with Crippen molar-refractivity contribution in [2.45, 2.75) is 73.8 Å². The highest BCUT2D eigenvalue weighted by Crippen LogP contribution is 2.21. The summed E-state index contributed by atoms with van der Waals surface area (Å²) in [5, 5.41) is 0. The molecule has 0 amide bonds. The molecule has 1 nitrogen and oxygen atoms in total. The van der Waals surface area contributed by atoms with E-state index in [0.29, 0.717) is 10.8 Å². The van der Waals surface area contributed by atoms with Gasteiger partial charge in [0, 0.05) is 25.0 Å². The number of rotatable bonds is 5. The van der Waals surface area contributed by atoms with Crippen molar-refractivity contribution < 1.29 is 4.57 Å². The van der Waals surface area contributed by atoms with Gasteiger partial charge in [-0.3, -0.25) is 0 Å². The van der Waals surface area contributed by atoms with Crippen molar-refractivity contribution in [1.29, 1.82) is 0 Å². The van der Waals surface area contributed by atoms with Gasteiger partial charge in [-0.15, -0.1) is 0 Å². The van der Waals surface area contributed by atoms with Crippen molar-refractivity contribution in [1.82, 2.24) is 0 Å². The van der Waals surface area contributed by atoms with E-state index in [-0.39, 0.29) is 0 Å². The number of aryl methyl sites for hydroxylation is 2. The molecule has 1 heterocycles. The maximum Gasteiger partial charge on any atom is 0.181 e. The third-order valence-corrected chi connectivity index (χ3v) is 3.49. The lowest BCUT2D eigenvalue weighted by molar-refractivity contribution is -0.704. The lowest BCUT2D eigenvalue weighted by Gasteiger charge is -2.18. The van der Waals surface area contributed by atoms with Crippen LogP contribution in [0.3, 0.4) is 0 Å². The molecular formula is C18H32N+. The standard InChI is InChI=1S/C18H32N/c1-17(2,3)12-9-15-19-14-8-7-10-16(19)11-13-18(4,5)6/h7-8,10,14H,9,11-13,15H2,1-6H3/q+1. The number of hydrogen-bond acceptors (Lipinski definition) is 0. The molecule has 0 saturated heterocycles. The van der Waals surface area contributed by atoms with Crippen LogP contribution in [0.2, 0.25) is 0 Å². The summed E-state index contributed by atoms with van der Waals surface area (Å²) < 4.78 is 2.44. The van der Waals surface area contributed by atoms with Gasteiger partial charge in [-0.2, -0.15) is 0 Å². The van der Waals surface area contributed by atoms with Gasteiger partial charge in [0.15, 0.2) is 11.9 Å². The highest BCUT2D eigenvalue weighted by molar-refractivity contribution is 4.97. The molecule has 0 aliphatic rings. The molecule has 1 heteroatoms. The van der Waals surface area contributed by atoms with Gasteiger partial charge < -0.3 is 0 Å². The van der Waals surface area contributed by atoms with E-state index < -0.39 is 0 Å². The van der Waals surface area contributed by atoms with E-state index in [1.165, 1.54) is 31.4 Å². The topological polar surface area (TPSA) is 3.88 Å². The maximum absolute atomic E-state index is 2.44. The van der Waals surface area contributed by atoms with E-state index in [2.05, 4.69) is 70.5 Å². The van der Waals surface area contributed by atoms with Crippen molar-refractivity contribution in [2.75, 3.05) is 0 Å². The van der Waals surface area contributed by atoms with Crippen molar-refractivity contribution in [3.05, 3.63) is 30.1 Å². The molecule has 0 fully saturated rings. The molecule has 0 saturated carbocycles. The largest absolute Gasteiger partial charge is 0.202 e. The molecule has 0 bridgehead atoms. The highest BCUT2D eigenvalue weighted by Gasteiger charge is 2.16. The summed E-state index contributed by atoms with van der Waals surface area (Å²) in [7, 11) is 0. The Morgan fingerprint density at radius 3 is 2.11 bits per heavy atom. The maximum atomic E-state index is 2.44. The van der Waals surface area contributed by atoms with E-state index in [9.17, 15) is 0 Å². The fourth-order valence-electron chi connectivity index (χ4n) is 2.24. The van der Waals surface area contributed by atoms with E-state index in [1.807, 2.05) is 0 Å². The minimum Gasteiger partial charge on any atom is -0.202 e. The van der Waals surface area contributed by atoms with Gasteiger partial charge in [-0.25, -0.2) is 4.57 Å². The van der Waals surface area contributed by atoms with Crippen LogP contribution in [0.25, 0.3) is 0 Å². The molecule has 1 aromatic heterocycles. The summed E-state index contributed by atoms with van der Waals surface area (Å²) >= 11 is 0. The van der Waals surface area contributed by atoms with E-state index >= 15 is 0 Å². The van der Waals surface area contributed by atoms with Gasteiger partial charge in [-0.1, -0.05) is 47.6 Å². The monoisotopic (exact) mass is 262 g/mol. The summed E-state index contributed by atoms with van der Waals surface area (Å²) in [4.78, 5) is 0. The summed E-state index contributed by atoms with van der Waals surface area (Å²) in [6.45, 7) is 15.1. The first-order chi connectivity index (χ1) is 8.67.